The van der Waals surface area contributed by atoms with E-state index in [0.29, 0.717) is 0 Å². The van der Waals surface area contributed by atoms with Gasteiger partial charge in [-0.2, -0.15) is 0 Å². The summed E-state index contributed by atoms with van der Waals surface area (Å²) in [5, 5.41) is 0. The first-order valence-corrected chi connectivity index (χ1v) is 6.89. The summed E-state index contributed by atoms with van der Waals surface area (Å²) in [6.45, 7) is 7.37. The molecule has 0 aliphatic carbocycles. The lowest BCUT2D eigenvalue weighted by Crippen LogP contribution is -2.16. The van der Waals surface area contributed by atoms with Gasteiger partial charge in [-0.25, -0.2) is 4.98 Å². The van der Waals surface area contributed by atoms with Gasteiger partial charge >= 0.3 is 0 Å². The summed E-state index contributed by atoms with van der Waals surface area (Å²) < 4.78 is 2.25. The number of aromatic nitrogens is 2. The van der Waals surface area contributed by atoms with Gasteiger partial charge in [-0.1, -0.05) is 25.8 Å². The van der Waals surface area contributed by atoms with E-state index in [-0.39, 0.29) is 6.04 Å². The van der Waals surface area contributed by atoms with Crippen molar-refractivity contribution in [1.29, 1.82) is 0 Å². The minimum Gasteiger partial charge on any atom is -0.327 e. The molecule has 0 amide bonds. The lowest BCUT2D eigenvalue weighted by Gasteiger charge is -2.12. The second-order valence-electron chi connectivity index (χ2n) is 4.96. The Hall–Kier alpha value is -1.35. The highest BCUT2D eigenvalue weighted by Gasteiger charge is 2.15. The minimum absolute atomic E-state index is 0.0533. The van der Waals surface area contributed by atoms with E-state index in [2.05, 4.69) is 43.5 Å². The van der Waals surface area contributed by atoms with E-state index in [0.717, 1.165) is 30.7 Å². The predicted molar refractivity (Wildman–Crippen MR) is 76.6 cm³/mol. The monoisotopic (exact) mass is 245 g/mol. The molecule has 1 atom stereocenters. The van der Waals surface area contributed by atoms with Gasteiger partial charge < -0.3 is 10.3 Å². The molecule has 0 bridgehead atoms. The molecule has 98 valence electrons. The highest BCUT2D eigenvalue weighted by atomic mass is 15.1. The lowest BCUT2D eigenvalue weighted by molar-refractivity contribution is 0.547. The van der Waals surface area contributed by atoms with Crippen LogP contribution in [0.4, 0.5) is 0 Å². The fraction of sp³-hybridized carbons (Fsp3) is 0.533. The predicted octanol–water partition coefficient (Wildman–Crippen LogP) is 3.55. The molecule has 1 unspecified atom stereocenters. The molecule has 2 aromatic rings. The molecule has 2 rings (SSSR count). The van der Waals surface area contributed by atoms with Crippen molar-refractivity contribution in [3.8, 4) is 0 Å². The molecule has 3 heteroatoms. The van der Waals surface area contributed by atoms with E-state index in [9.17, 15) is 0 Å². The van der Waals surface area contributed by atoms with Crippen LogP contribution in [0.3, 0.4) is 0 Å². The Balaban J connectivity index is 2.43. The van der Waals surface area contributed by atoms with Crippen LogP contribution in [0.15, 0.2) is 18.2 Å². The van der Waals surface area contributed by atoms with Crippen molar-refractivity contribution in [2.24, 2.45) is 5.73 Å². The first-order valence-electron chi connectivity index (χ1n) is 6.89. The molecular formula is C15H23N3. The lowest BCUT2D eigenvalue weighted by atomic mass is 10.1. The van der Waals surface area contributed by atoms with Crippen LogP contribution in [-0.4, -0.2) is 9.55 Å². The fourth-order valence-corrected chi connectivity index (χ4v) is 2.43. The van der Waals surface area contributed by atoms with Gasteiger partial charge in [-0.15, -0.1) is 0 Å². The van der Waals surface area contributed by atoms with E-state index in [4.69, 9.17) is 10.7 Å². The van der Waals surface area contributed by atoms with Crippen LogP contribution in [0, 0.1) is 6.92 Å². The normalized spacial score (nSPS) is 13.1. The molecule has 0 fully saturated rings. The molecule has 0 spiro atoms. The van der Waals surface area contributed by atoms with Crippen molar-refractivity contribution >= 4 is 11.0 Å². The Labute approximate surface area is 109 Å². The van der Waals surface area contributed by atoms with Crippen molar-refractivity contribution in [2.75, 3.05) is 0 Å². The maximum Gasteiger partial charge on any atom is 0.126 e. The molecule has 3 nitrogen and oxygen atoms in total. The zero-order chi connectivity index (χ0) is 13.1. The molecular weight excluding hydrogens is 222 g/mol. The number of rotatable bonds is 5. The number of aryl methyl sites for hydroxylation is 2. The topological polar surface area (TPSA) is 43.8 Å². The smallest absolute Gasteiger partial charge is 0.126 e. The Kier molecular flexibility index (Phi) is 4.02. The van der Waals surface area contributed by atoms with Crippen molar-refractivity contribution in [1.82, 2.24) is 9.55 Å². The Morgan fingerprint density at radius 2 is 2.11 bits per heavy atom. The second-order valence-corrected chi connectivity index (χ2v) is 4.96. The van der Waals surface area contributed by atoms with E-state index >= 15 is 0 Å². The van der Waals surface area contributed by atoms with Gasteiger partial charge in [0.2, 0.25) is 0 Å². The van der Waals surface area contributed by atoms with Gasteiger partial charge in [-0.05, 0) is 38.0 Å². The maximum absolute atomic E-state index is 6.28. The zero-order valence-corrected chi connectivity index (χ0v) is 11.6. The van der Waals surface area contributed by atoms with Crippen LogP contribution < -0.4 is 5.73 Å². The average molecular weight is 245 g/mol. The average Bonchev–Trinajstić information content (AvgIpc) is 2.73. The highest BCUT2D eigenvalue weighted by molar-refractivity contribution is 5.77. The van der Waals surface area contributed by atoms with Gasteiger partial charge in [0, 0.05) is 6.54 Å². The van der Waals surface area contributed by atoms with Crippen LogP contribution >= 0.6 is 0 Å². The quantitative estimate of drug-likeness (QED) is 0.875. The standard InChI is InChI=1S/C15H23N3/c1-4-6-7-12(16)15-17-13-10-11(3)8-9-14(13)18(15)5-2/h8-10,12H,4-7,16H2,1-3H3. The first-order chi connectivity index (χ1) is 8.67. The van der Waals surface area contributed by atoms with E-state index in [1.165, 1.54) is 17.5 Å². The number of nitrogens with two attached hydrogens (primary N) is 1. The SMILES string of the molecule is CCCCC(N)c1nc2cc(C)ccc2n1CC. The number of fused-ring (bicyclic) bond motifs is 1. The second kappa shape index (κ2) is 5.53. The van der Waals surface area contributed by atoms with E-state index < -0.39 is 0 Å². The van der Waals surface area contributed by atoms with Gasteiger partial charge in [0.1, 0.15) is 5.82 Å². The van der Waals surface area contributed by atoms with Gasteiger partial charge in [0.15, 0.2) is 0 Å². The van der Waals surface area contributed by atoms with Crippen LogP contribution in [0.2, 0.25) is 0 Å². The Bertz CT molecular complexity index is 528. The molecule has 18 heavy (non-hydrogen) atoms. The molecule has 0 aliphatic rings. The molecule has 0 aliphatic heterocycles. The Morgan fingerprint density at radius 3 is 2.78 bits per heavy atom. The molecule has 0 saturated heterocycles. The minimum atomic E-state index is 0.0533. The van der Waals surface area contributed by atoms with Gasteiger partial charge in [0.05, 0.1) is 17.1 Å². The van der Waals surface area contributed by atoms with E-state index in [1.807, 2.05) is 0 Å². The summed E-state index contributed by atoms with van der Waals surface area (Å²) in [6, 6.07) is 6.48. The van der Waals surface area contributed by atoms with Gasteiger partial charge in [-0.3, -0.25) is 0 Å². The molecule has 1 aromatic carbocycles. The number of unbranched alkanes of at least 4 members (excludes halogenated alkanes) is 1. The van der Waals surface area contributed by atoms with Gasteiger partial charge in [0.25, 0.3) is 0 Å². The number of benzene rings is 1. The zero-order valence-electron chi connectivity index (χ0n) is 11.6. The number of hydrogen-bond donors (Lipinski definition) is 1. The third kappa shape index (κ3) is 2.41. The summed E-state index contributed by atoms with van der Waals surface area (Å²) in [6.07, 6.45) is 3.35. The molecule has 1 heterocycles. The number of hydrogen-bond acceptors (Lipinski definition) is 2. The van der Waals surface area contributed by atoms with Crippen LogP contribution in [-0.2, 0) is 6.54 Å². The summed E-state index contributed by atoms with van der Waals surface area (Å²) in [5.41, 5.74) is 9.79. The maximum atomic E-state index is 6.28. The van der Waals surface area contributed by atoms with Crippen molar-refractivity contribution < 1.29 is 0 Å². The Morgan fingerprint density at radius 1 is 1.33 bits per heavy atom. The third-order valence-corrected chi connectivity index (χ3v) is 3.45. The summed E-state index contributed by atoms with van der Waals surface area (Å²) in [7, 11) is 0. The number of nitrogens with zero attached hydrogens (tertiary/aromatic N) is 2. The summed E-state index contributed by atoms with van der Waals surface area (Å²) in [4.78, 5) is 4.74. The largest absolute Gasteiger partial charge is 0.327 e. The first kappa shape index (κ1) is 13.1. The van der Waals surface area contributed by atoms with Crippen molar-refractivity contribution in [3.05, 3.63) is 29.6 Å². The molecule has 0 radical (unpaired) electrons. The van der Waals surface area contributed by atoms with Crippen LogP contribution in [0.1, 0.15) is 50.5 Å². The van der Waals surface area contributed by atoms with Crippen molar-refractivity contribution in [3.63, 3.8) is 0 Å². The summed E-state index contributed by atoms with van der Waals surface area (Å²) >= 11 is 0. The third-order valence-electron chi connectivity index (χ3n) is 3.45. The summed E-state index contributed by atoms with van der Waals surface area (Å²) in [5.74, 6) is 1.03. The fourth-order valence-electron chi connectivity index (χ4n) is 2.43. The molecule has 1 aromatic heterocycles. The van der Waals surface area contributed by atoms with Crippen LogP contribution in [0.25, 0.3) is 11.0 Å². The van der Waals surface area contributed by atoms with Crippen LogP contribution in [0.5, 0.6) is 0 Å². The van der Waals surface area contributed by atoms with Crippen molar-refractivity contribution in [2.45, 2.75) is 52.6 Å². The molecule has 0 saturated carbocycles. The number of imidazole rings is 1. The van der Waals surface area contributed by atoms with E-state index in [1.54, 1.807) is 0 Å². The highest BCUT2D eigenvalue weighted by Crippen LogP contribution is 2.23. The molecule has 2 N–H and O–H groups in total.